The minimum absolute atomic E-state index is 0.0177. The molecule has 0 amide bonds. The Balaban J connectivity index is 2.34. The lowest BCUT2D eigenvalue weighted by atomic mass is 9.51. The maximum absolute atomic E-state index is 12.8. The Kier molecular flexibility index (Phi) is 5.30. The van der Waals surface area contributed by atoms with Crippen LogP contribution in [0.15, 0.2) is 11.1 Å². The fraction of sp³-hybridized carbons (Fsp3) is 0.750. The molecule has 3 aliphatic rings. The molecule has 0 saturated heterocycles. The fourth-order valence-corrected chi connectivity index (χ4v) is 5.27. The Morgan fingerprint density at radius 3 is 2.33 bits per heavy atom. The maximum Gasteiger partial charge on any atom is 0.337 e. The van der Waals surface area contributed by atoms with Gasteiger partial charge in [-0.25, -0.2) is 4.79 Å². The quantitative estimate of drug-likeness (QED) is 0.396. The summed E-state index contributed by atoms with van der Waals surface area (Å²) in [5.41, 5.74) is -7.78. The predicted molar refractivity (Wildman–Crippen MR) is 98.9 cm³/mol. The van der Waals surface area contributed by atoms with Gasteiger partial charge in [0.15, 0.2) is 11.2 Å². The second kappa shape index (κ2) is 7.01. The minimum atomic E-state index is -2.21. The third-order valence-corrected chi connectivity index (χ3v) is 6.54. The van der Waals surface area contributed by atoms with Crippen molar-refractivity contribution in [2.75, 3.05) is 13.7 Å². The van der Waals surface area contributed by atoms with Gasteiger partial charge in [0.05, 0.1) is 17.8 Å². The van der Waals surface area contributed by atoms with Crippen molar-refractivity contribution in [2.45, 2.75) is 81.6 Å². The molecule has 1 aliphatic heterocycles. The molecule has 168 valence electrons. The number of hydrogen-bond acceptors (Lipinski definition) is 10. The number of rotatable bonds is 4. The van der Waals surface area contributed by atoms with Gasteiger partial charge in [-0.1, -0.05) is 0 Å². The van der Waals surface area contributed by atoms with Crippen LogP contribution in [0.5, 0.6) is 0 Å². The summed E-state index contributed by atoms with van der Waals surface area (Å²) in [6.45, 7) is 4.86. The Labute approximate surface area is 173 Å². The van der Waals surface area contributed by atoms with Gasteiger partial charge in [-0.15, -0.1) is 0 Å². The van der Waals surface area contributed by atoms with Crippen molar-refractivity contribution < 1.29 is 48.7 Å². The first-order valence-electron chi connectivity index (χ1n) is 9.71. The van der Waals surface area contributed by atoms with E-state index in [0.717, 1.165) is 13.8 Å². The van der Waals surface area contributed by atoms with Crippen molar-refractivity contribution in [3.8, 4) is 0 Å². The van der Waals surface area contributed by atoms with Crippen LogP contribution >= 0.6 is 0 Å². The zero-order valence-corrected chi connectivity index (χ0v) is 17.7. The number of carbonyl (C=O) groups is 3. The molecule has 0 aromatic heterocycles. The number of esters is 3. The minimum Gasteiger partial charge on any atom is -0.458 e. The average Bonchev–Trinajstić information content (AvgIpc) is 2.89. The third-order valence-electron chi connectivity index (χ3n) is 6.54. The Morgan fingerprint density at radius 2 is 1.80 bits per heavy atom. The van der Waals surface area contributed by atoms with Gasteiger partial charge in [0.25, 0.3) is 0 Å². The highest BCUT2D eigenvalue weighted by molar-refractivity contribution is 5.95. The molecule has 0 radical (unpaired) electrons. The lowest BCUT2D eigenvalue weighted by Crippen LogP contribution is -2.81. The van der Waals surface area contributed by atoms with Gasteiger partial charge < -0.3 is 34.3 Å². The summed E-state index contributed by atoms with van der Waals surface area (Å²) in [4.78, 5) is 36.6. The molecule has 2 saturated carbocycles. The van der Waals surface area contributed by atoms with Gasteiger partial charge in [0, 0.05) is 33.0 Å². The summed E-state index contributed by atoms with van der Waals surface area (Å²) < 4.78 is 21.7. The Morgan fingerprint density at radius 1 is 1.17 bits per heavy atom. The largest absolute Gasteiger partial charge is 0.458 e. The predicted octanol–water partition coefficient (Wildman–Crippen LogP) is -0.481. The molecule has 10 nitrogen and oxygen atoms in total. The van der Waals surface area contributed by atoms with Gasteiger partial charge in [-0.3, -0.25) is 9.59 Å². The summed E-state index contributed by atoms with van der Waals surface area (Å²) in [7, 11) is 1.35. The molecule has 2 fully saturated rings. The van der Waals surface area contributed by atoms with Crippen molar-refractivity contribution in [1.29, 1.82) is 0 Å². The second-order valence-corrected chi connectivity index (χ2v) is 8.70. The molecular weight excluding hydrogens is 400 g/mol. The van der Waals surface area contributed by atoms with E-state index in [9.17, 15) is 29.7 Å². The van der Waals surface area contributed by atoms with Crippen LogP contribution in [-0.2, 0) is 33.3 Å². The van der Waals surface area contributed by atoms with Crippen LogP contribution in [0.2, 0.25) is 0 Å². The van der Waals surface area contributed by atoms with E-state index in [4.69, 9.17) is 18.9 Å². The van der Waals surface area contributed by atoms with E-state index in [2.05, 4.69) is 0 Å². The van der Waals surface area contributed by atoms with Crippen molar-refractivity contribution in [3.63, 3.8) is 0 Å². The van der Waals surface area contributed by atoms with Crippen molar-refractivity contribution in [3.05, 3.63) is 11.1 Å². The van der Waals surface area contributed by atoms with E-state index in [1.165, 1.54) is 21.0 Å². The van der Waals surface area contributed by atoms with Gasteiger partial charge in [-0.05, 0) is 26.7 Å². The maximum atomic E-state index is 12.8. The highest BCUT2D eigenvalue weighted by Crippen LogP contribution is 2.62. The fourth-order valence-electron chi connectivity index (χ4n) is 5.27. The van der Waals surface area contributed by atoms with E-state index in [1.54, 1.807) is 0 Å². The lowest BCUT2D eigenvalue weighted by molar-refractivity contribution is -0.322. The SMILES string of the molecule is COCC1=C2[C@@H](OC(C)=O)C[C@@](C)(OC(C)=O)[C@@]3(O)CC[C@@](C)(O)[C@H](O)C23OC1=O. The first-order chi connectivity index (χ1) is 13.8. The van der Waals surface area contributed by atoms with E-state index in [-0.39, 0.29) is 37.0 Å². The molecule has 10 heteroatoms. The van der Waals surface area contributed by atoms with Gasteiger partial charge in [-0.2, -0.15) is 0 Å². The smallest absolute Gasteiger partial charge is 0.337 e. The number of aliphatic hydroxyl groups is 3. The van der Waals surface area contributed by atoms with Crippen molar-refractivity contribution in [1.82, 2.24) is 0 Å². The Bertz CT molecular complexity index is 816. The summed E-state index contributed by atoms with van der Waals surface area (Å²) in [6, 6.07) is 0. The summed E-state index contributed by atoms with van der Waals surface area (Å²) in [6.07, 6.45) is -3.38. The molecule has 0 aromatic rings. The normalized spacial score (nSPS) is 42.9. The van der Waals surface area contributed by atoms with Crippen LogP contribution in [0.3, 0.4) is 0 Å². The van der Waals surface area contributed by atoms with Crippen LogP contribution < -0.4 is 0 Å². The first kappa shape index (κ1) is 22.7. The first-order valence-corrected chi connectivity index (χ1v) is 9.71. The van der Waals surface area contributed by atoms with Crippen molar-refractivity contribution >= 4 is 17.9 Å². The van der Waals surface area contributed by atoms with E-state index in [1.807, 2.05) is 0 Å². The topological polar surface area (TPSA) is 149 Å². The summed E-state index contributed by atoms with van der Waals surface area (Å²) in [5.74, 6) is -2.29. The second-order valence-electron chi connectivity index (χ2n) is 8.70. The van der Waals surface area contributed by atoms with Crippen LogP contribution in [0.4, 0.5) is 0 Å². The van der Waals surface area contributed by atoms with Gasteiger partial charge >= 0.3 is 17.9 Å². The molecule has 3 N–H and O–H groups in total. The molecule has 3 rings (SSSR count). The van der Waals surface area contributed by atoms with Crippen LogP contribution in [0.25, 0.3) is 0 Å². The van der Waals surface area contributed by atoms with Crippen LogP contribution in [0, 0.1) is 0 Å². The van der Waals surface area contributed by atoms with Gasteiger partial charge in [0.1, 0.15) is 17.8 Å². The highest BCUT2D eigenvalue weighted by atomic mass is 16.6. The number of ether oxygens (including phenoxy) is 4. The summed E-state index contributed by atoms with van der Waals surface area (Å²) in [5, 5.41) is 34.0. The molecule has 1 unspecified atom stereocenters. The van der Waals surface area contributed by atoms with E-state index < -0.39 is 52.5 Å². The highest BCUT2D eigenvalue weighted by Gasteiger charge is 2.80. The molecule has 0 bridgehead atoms. The van der Waals surface area contributed by atoms with Crippen LogP contribution in [-0.4, -0.2) is 81.6 Å². The molecule has 0 aromatic carbocycles. The van der Waals surface area contributed by atoms with Gasteiger partial charge in [0.2, 0.25) is 0 Å². The summed E-state index contributed by atoms with van der Waals surface area (Å²) >= 11 is 0. The molecular formula is C20H28O10. The van der Waals surface area contributed by atoms with Crippen molar-refractivity contribution in [2.24, 2.45) is 0 Å². The molecule has 1 heterocycles. The Hall–Kier alpha value is -2.01. The zero-order valence-electron chi connectivity index (χ0n) is 17.7. The number of methoxy groups -OCH3 is 1. The monoisotopic (exact) mass is 428 g/mol. The number of hydrogen-bond donors (Lipinski definition) is 3. The molecule has 2 aliphatic carbocycles. The van der Waals surface area contributed by atoms with E-state index >= 15 is 0 Å². The van der Waals surface area contributed by atoms with Crippen LogP contribution in [0.1, 0.15) is 47.0 Å². The molecule has 6 atom stereocenters. The number of aliphatic hydroxyl groups excluding tert-OH is 1. The third kappa shape index (κ3) is 2.89. The zero-order chi connectivity index (χ0) is 22.7. The molecule has 1 spiro atoms. The standard InChI is InChI=1S/C20H28O10/c1-10(21)28-13-8-18(4,29-11(2)22)19(26)7-6-17(3,25)16(24)20(19)14(13)12(9-27-5)15(23)30-20/h13,16,24-26H,6-9H2,1-5H3/t13-,16-,17+,18+,19-,20?/m0/s1. The van der Waals surface area contributed by atoms with E-state index in [0.29, 0.717) is 0 Å². The average molecular weight is 428 g/mol. The number of carbonyl (C=O) groups excluding carboxylic acids is 3. The molecule has 30 heavy (non-hydrogen) atoms. The lowest BCUT2D eigenvalue weighted by Gasteiger charge is -2.63.